The highest BCUT2D eigenvalue weighted by Crippen LogP contribution is 2.37. The fraction of sp³-hybridized carbons (Fsp3) is 0.182. The number of benzene rings is 1. The van der Waals surface area contributed by atoms with E-state index in [1.807, 2.05) is 25.1 Å². The van der Waals surface area contributed by atoms with Crippen molar-refractivity contribution in [2.75, 3.05) is 12.5 Å². The maximum absolute atomic E-state index is 5.91. The zero-order valence-corrected chi connectivity index (χ0v) is 8.28. The molecule has 4 nitrogen and oxygen atoms in total. The number of rotatable bonds is 0. The van der Waals surface area contributed by atoms with Crippen LogP contribution in [0.4, 0.5) is 5.69 Å². The van der Waals surface area contributed by atoms with Crippen molar-refractivity contribution >= 4 is 16.6 Å². The molecule has 0 amide bonds. The minimum absolute atomic E-state index is 0.268. The molecule has 0 spiro atoms. The van der Waals surface area contributed by atoms with E-state index in [2.05, 4.69) is 4.98 Å². The van der Waals surface area contributed by atoms with Gasteiger partial charge in [-0.3, -0.25) is 4.98 Å². The van der Waals surface area contributed by atoms with Crippen LogP contribution in [0.3, 0.4) is 0 Å². The molecular formula is C11H10N2O2. The van der Waals surface area contributed by atoms with Crippen LogP contribution in [-0.4, -0.2) is 11.8 Å². The van der Waals surface area contributed by atoms with Crippen LogP contribution < -0.4 is 15.2 Å². The molecule has 1 aliphatic rings. The SMILES string of the molecule is Cc1cc(N)c2cc3c(cc2n1)OCO3. The lowest BCUT2D eigenvalue weighted by Gasteiger charge is -2.04. The predicted octanol–water partition coefficient (Wildman–Crippen LogP) is 1.85. The van der Waals surface area contributed by atoms with Crippen LogP contribution in [0.1, 0.15) is 5.69 Å². The molecule has 2 N–H and O–H groups in total. The van der Waals surface area contributed by atoms with E-state index in [1.54, 1.807) is 0 Å². The van der Waals surface area contributed by atoms with Crippen LogP contribution in [-0.2, 0) is 0 Å². The van der Waals surface area contributed by atoms with Gasteiger partial charge < -0.3 is 15.2 Å². The summed E-state index contributed by atoms with van der Waals surface area (Å²) >= 11 is 0. The number of hydrogen-bond donors (Lipinski definition) is 1. The monoisotopic (exact) mass is 202 g/mol. The molecule has 2 aromatic rings. The highest BCUT2D eigenvalue weighted by atomic mass is 16.7. The number of nitrogen functional groups attached to an aromatic ring is 1. The van der Waals surface area contributed by atoms with E-state index in [4.69, 9.17) is 15.2 Å². The van der Waals surface area contributed by atoms with Gasteiger partial charge >= 0.3 is 0 Å². The number of pyridine rings is 1. The molecule has 76 valence electrons. The molecule has 0 atom stereocenters. The lowest BCUT2D eigenvalue weighted by molar-refractivity contribution is 0.174. The Bertz CT molecular complexity index is 552. The summed E-state index contributed by atoms with van der Waals surface area (Å²) in [6.45, 7) is 2.19. The summed E-state index contributed by atoms with van der Waals surface area (Å²) in [5.41, 5.74) is 8.38. The molecule has 0 fully saturated rings. The van der Waals surface area contributed by atoms with Gasteiger partial charge in [0.05, 0.1) is 5.52 Å². The summed E-state index contributed by atoms with van der Waals surface area (Å²) in [5, 5.41) is 0.907. The molecule has 0 aliphatic carbocycles. The number of nitrogens with zero attached hydrogens (tertiary/aromatic N) is 1. The van der Waals surface area contributed by atoms with Gasteiger partial charge in [0.15, 0.2) is 11.5 Å². The van der Waals surface area contributed by atoms with E-state index in [9.17, 15) is 0 Å². The van der Waals surface area contributed by atoms with E-state index in [-0.39, 0.29) is 6.79 Å². The zero-order chi connectivity index (χ0) is 10.4. The second-order valence-corrected chi connectivity index (χ2v) is 3.58. The smallest absolute Gasteiger partial charge is 0.231 e. The van der Waals surface area contributed by atoms with E-state index in [0.29, 0.717) is 0 Å². The number of ether oxygens (including phenoxy) is 2. The van der Waals surface area contributed by atoms with Gasteiger partial charge in [-0.1, -0.05) is 0 Å². The third kappa shape index (κ3) is 1.18. The van der Waals surface area contributed by atoms with Gasteiger partial charge in [-0.05, 0) is 19.1 Å². The van der Waals surface area contributed by atoms with Crippen molar-refractivity contribution in [1.29, 1.82) is 0 Å². The predicted molar refractivity (Wildman–Crippen MR) is 57.0 cm³/mol. The Labute approximate surface area is 86.6 Å². The number of aryl methyl sites for hydroxylation is 1. The summed E-state index contributed by atoms with van der Waals surface area (Å²) in [7, 11) is 0. The van der Waals surface area contributed by atoms with Crippen molar-refractivity contribution in [3.8, 4) is 11.5 Å². The van der Waals surface area contributed by atoms with Gasteiger partial charge in [0.2, 0.25) is 6.79 Å². The van der Waals surface area contributed by atoms with Crippen molar-refractivity contribution in [3.63, 3.8) is 0 Å². The first-order valence-electron chi connectivity index (χ1n) is 4.70. The third-order valence-electron chi connectivity index (χ3n) is 2.46. The van der Waals surface area contributed by atoms with Gasteiger partial charge in [0, 0.05) is 22.8 Å². The van der Waals surface area contributed by atoms with E-state index in [1.165, 1.54) is 0 Å². The Hall–Kier alpha value is -1.97. The van der Waals surface area contributed by atoms with E-state index < -0.39 is 0 Å². The summed E-state index contributed by atoms with van der Waals surface area (Å²) in [5.74, 6) is 1.47. The van der Waals surface area contributed by atoms with Crippen molar-refractivity contribution in [2.24, 2.45) is 0 Å². The average molecular weight is 202 g/mol. The molecule has 0 saturated carbocycles. The van der Waals surface area contributed by atoms with Gasteiger partial charge in [-0.2, -0.15) is 0 Å². The third-order valence-corrected chi connectivity index (χ3v) is 2.46. The van der Waals surface area contributed by atoms with Gasteiger partial charge in [-0.25, -0.2) is 0 Å². The highest BCUT2D eigenvalue weighted by Gasteiger charge is 2.15. The van der Waals surface area contributed by atoms with Crippen LogP contribution in [0.2, 0.25) is 0 Å². The first-order chi connectivity index (χ1) is 7.24. The van der Waals surface area contributed by atoms with Crippen LogP contribution in [0.25, 0.3) is 10.9 Å². The van der Waals surface area contributed by atoms with Crippen LogP contribution in [0.15, 0.2) is 18.2 Å². The highest BCUT2D eigenvalue weighted by molar-refractivity contribution is 5.92. The molecule has 2 heterocycles. The lowest BCUT2D eigenvalue weighted by Crippen LogP contribution is -1.92. The van der Waals surface area contributed by atoms with Gasteiger partial charge in [0.1, 0.15) is 0 Å². The lowest BCUT2D eigenvalue weighted by atomic mass is 10.1. The Morgan fingerprint density at radius 3 is 2.73 bits per heavy atom. The van der Waals surface area contributed by atoms with Crippen LogP contribution in [0, 0.1) is 6.92 Å². The minimum atomic E-state index is 0.268. The van der Waals surface area contributed by atoms with Crippen LogP contribution >= 0.6 is 0 Å². The van der Waals surface area contributed by atoms with Crippen LogP contribution in [0.5, 0.6) is 11.5 Å². The quantitative estimate of drug-likeness (QED) is 0.708. The maximum Gasteiger partial charge on any atom is 0.231 e. The maximum atomic E-state index is 5.91. The summed E-state index contributed by atoms with van der Waals surface area (Å²) in [6.07, 6.45) is 0. The number of nitrogens with two attached hydrogens (primary N) is 1. The second-order valence-electron chi connectivity index (χ2n) is 3.58. The Morgan fingerprint density at radius 2 is 1.93 bits per heavy atom. The normalized spacial score (nSPS) is 13.4. The average Bonchev–Trinajstić information content (AvgIpc) is 2.61. The Kier molecular flexibility index (Phi) is 1.54. The number of anilines is 1. The van der Waals surface area contributed by atoms with E-state index in [0.717, 1.165) is 33.8 Å². The van der Waals surface area contributed by atoms with Gasteiger partial charge in [-0.15, -0.1) is 0 Å². The Morgan fingerprint density at radius 1 is 1.20 bits per heavy atom. The molecule has 0 saturated heterocycles. The van der Waals surface area contributed by atoms with Gasteiger partial charge in [0.25, 0.3) is 0 Å². The fourth-order valence-corrected chi connectivity index (χ4v) is 1.78. The summed E-state index contributed by atoms with van der Waals surface area (Å²) in [4.78, 5) is 4.40. The molecule has 4 heteroatoms. The largest absolute Gasteiger partial charge is 0.454 e. The molecule has 15 heavy (non-hydrogen) atoms. The zero-order valence-electron chi connectivity index (χ0n) is 8.28. The second kappa shape index (κ2) is 2.76. The summed E-state index contributed by atoms with van der Waals surface area (Å²) in [6, 6.07) is 5.59. The molecule has 0 unspecified atom stereocenters. The standard InChI is InChI=1S/C11H10N2O2/c1-6-2-8(12)7-3-10-11(15-5-14-10)4-9(7)13-6/h2-4H,5H2,1H3,(H2,12,13). The first-order valence-corrected chi connectivity index (χ1v) is 4.70. The van der Waals surface area contributed by atoms with Crippen molar-refractivity contribution in [1.82, 2.24) is 4.98 Å². The number of fused-ring (bicyclic) bond motifs is 2. The Balaban J connectivity index is 2.38. The van der Waals surface area contributed by atoms with E-state index >= 15 is 0 Å². The fourth-order valence-electron chi connectivity index (χ4n) is 1.78. The molecule has 3 rings (SSSR count). The number of hydrogen-bond acceptors (Lipinski definition) is 4. The van der Waals surface area contributed by atoms with Crippen molar-refractivity contribution in [3.05, 3.63) is 23.9 Å². The topological polar surface area (TPSA) is 57.4 Å². The molecular weight excluding hydrogens is 192 g/mol. The molecule has 1 aromatic heterocycles. The summed E-state index contributed by atoms with van der Waals surface area (Å²) < 4.78 is 10.6. The molecule has 0 bridgehead atoms. The van der Waals surface area contributed by atoms with Crippen molar-refractivity contribution < 1.29 is 9.47 Å². The number of aromatic nitrogens is 1. The molecule has 1 aromatic carbocycles. The molecule has 0 radical (unpaired) electrons. The van der Waals surface area contributed by atoms with Crippen molar-refractivity contribution in [2.45, 2.75) is 6.92 Å². The minimum Gasteiger partial charge on any atom is -0.454 e. The first kappa shape index (κ1) is 8.35. The molecule has 1 aliphatic heterocycles.